The molecule has 1 aliphatic heterocycles. The number of aliphatic hydroxyl groups is 1. The number of esters is 1. The highest BCUT2D eigenvalue weighted by atomic mass is 16.5. The molecule has 0 fully saturated rings. The molecule has 0 aliphatic carbocycles. The number of carbonyl (C=O) groups is 1. The van der Waals surface area contributed by atoms with Crippen molar-refractivity contribution in [3.8, 4) is 0 Å². The minimum absolute atomic E-state index is 0.231. The molecule has 0 saturated heterocycles. The molecular formula is C11H14O3. The van der Waals surface area contributed by atoms with Gasteiger partial charge in [-0.25, -0.2) is 4.79 Å². The van der Waals surface area contributed by atoms with Crippen LogP contribution in [0.15, 0.2) is 35.5 Å². The predicted molar refractivity (Wildman–Crippen MR) is 53.6 cm³/mol. The maximum Gasteiger partial charge on any atom is 0.336 e. The van der Waals surface area contributed by atoms with Gasteiger partial charge >= 0.3 is 5.97 Å². The maximum absolute atomic E-state index is 11.0. The summed E-state index contributed by atoms with van der Waals surface area (Å²) in [5, 5.41) is 8.91. The first kappa shape index (κ1) is 10.7. The summed E-state index contributed by atoms with van der Waals surface area (Å²) in [5.74, 6) is -0.387. The number of hydrogen-bond acceptors (Lipinski definition) is 3. The molecule has 1 N–H and O–H groups in total. The van der Waals surface area contributed by atoms with Gasteiger partial charge in [-0.1, -0.05) is 24.3 Å². The molecular weight excluding hydrogens is 180 g/mol. The number of aliphatic hydroxyl groups excluding tert-OH is 1. The molecule has 14 heavy (non-hydrogen) atoms. The molecule has 0 aromatic heterocycles. The van der Waals surface area contributed by atoms with Gasteiger partial charge in [0.1, 0.15) is 6.61 Å². The first-order chi connectivity index (χ1) is 6.79. The lowest BCUT2D eigenvalue weighted by atomic mass is 10.1. The zero-order chi connectivity index (χ0) is 10.4. The van der Waals surface area contributed by atoms with Crippen LogP contribution in [0, 0.1) is 0 Å². The van der Waals surface area contributed by atoms with E-state index in [2.05, 4.69) is 0 Å². The second-order valence-electron chi connectivity index (χ2n) is 2.97. The average molecular weight is 194 g/mol. The maximum atomic E-state index is 11.0. The van der Waals surface area contributed by atoms with Crippen LogP contribution in [0.1, 0.15) is 13.3 Å². The van der Waals surface area contributed by atoms with E-state index in [0.29, 0.717) is 18.6 Å². The minimum Gasteiger partial charge on any atom is -0.458 e. The molecule has 0 atom stereocenters. The number of cyclic esters (lactones) is 1. The van der Waals surface area contributed by atoms with Crippen molar-refractivity contribution < 1.29 is 14.6 Å². The van der Waals surface area contributed by atoms with Crippen LogP contribution in [-0.4, -0.2) is 24.3 Å². The Morgan fingerprint density at radius 2 is 2.29 bits per heavy atom. The van der Waals surface area contributed by atoms with Crippen LogP contribution in [0.25, 0.3) is 0 Å². The van der Waals surface area contributed by atoms with E-state index < -0.39 is 0 Å². The van der Waals surface area contributed by atoms with Crippen LogP contribution in [0.2, 0.25) is 0 Å². The molecule has 1 heterocycles. The van der Waals surface area contributed by atoms with Crippen molar-refractivity contribution in [3.05, 3.63) is 35.5 Å². The van der Waals surface area contributed by atoms with E-state index in [4.69, 9.17) is 9.84 Å². The van der Waals surface area contributed by atoms with Gasteiger partial charge in [-0.3, -0.25) is 0 Å². The summed E-state index contributed by atoms with van der Waals surface area (Å²) in [6, 6.07) is 0. The lowest BCUT2D eigenvalue weighted by Gasteiger charge is -1.95. The van der Waals surface area contributed by atoms with Gasteiger partial charge in [0.25, 0.3) is 0 Å². The average Bonchev–Trinajstić information content (AvgIpc) is 2.54. The van der Waals surface area contributed by atoms with Gasteiger partial charge in [-0.2, -0.15) is 0 Å². The molecule has 1 rings (SSSR count). The van der Waals surface area contributed by atoms with Crippen LogP contribution >= 0.6 is 0 Å². The smallest absolute Gasteiger partial charge is 0.336 e. The zero-order valence-electron chi connectivity index (χ0n) is 8.19. The number of hydrogen-bond donors (Lipinski definition) is 1. The van der Waals surface area contributed by atoms with Crippen LogP contribution in [0.3, 0.4) is 0 Å². The third-order valence-electron chi connectivity index (χ3n) is 2.01. The van der Waals surface area contributed by atoms with E-state index in [1.54, 1.807) is 0 Å². The SMILES string of the molecule is C/C=C/C=C/CC1=C(CO)C(=O)OC1. The quantitative estimate of drug-likeness (QED) is 0.543. The van der Waals surface area contributed by atoms with Gasteiger partial charge in [0, 0.05) is 0 Å². The van der Waals surface area contributed by atoms with Crippen molar-refractivity contribution in [2.24, 2.45) is 0 Å². The summed E-state index contributed by atoms with van der Waals surface area (Å²) in [5.41, 5.74) is 1.29. The standard InChI is InChI=1S/C11H14O3/c1-2-3-4-5-6-9-8-14-11(13)10(9)7-12/h2-5,12H,6-8H2,1H3/b3-2+,5-4+. The van der Waals surface area contributed by atoms with Gasteiger partial charge in [-0.15, -0.1) is 0 Å². The highest BCUT2D eigenvalue weighted by Gasteiger charge is 2.22. The lowest BCUT2D eigenvalue weighted by Crippen LogP contribution is -2.02. The molecule has 0 aromatic carbocycles. The third kappa shape index (κ3) is 2.57. The molecule has 0 aromatic rings. The second-order valence-corrected chi connectivity index (χ2v) is 2.97. The first-order valence-electron chi connectivity index (χ1n) is 4.56. The fourth-order valence-electron chi connectivity index (χ4n) is 1.23. The molecule has 3 heteroatoms. The van der Waals surface area contributed by atoms with E-state index in [1.165, 1.54) is 0 Å². The van der Waals surface area contributed by atoms with Crippen LogP contribution in [0.4, 0.5) is 0 Å². The fraction of sp³-hybridized carbons (Fsp3) is 0.364. The predicted octanol–water partition coefficient (Wildman–Crippen LogP) is 1.35. The Morgan fingerprint density at radius 1 is 1.50 bits per heavy atom. The summed E-state index contributed by atoms with van der Waals surface area (Å²) >= 11 is 0. The van der Waals surface area contributed by atoms with Crippen molar-refractivity contribution in [1.82, 2.24) is 0 Å². The highest BCUT2D eigenvalue weighted by molar-refractivity contribution is 5.92. The van der Waals surface area contributed by atoms with E-state index in [1.807, 2.05) is 31.2 Å². The molecule has 0 saturated carbocycles. The van der Waals surface area contributed by atoms with Crippen molar-refractivity contribution in [2.75, 3.05) is 13.2 Å². The second kappa shape index (κ2) is 5.40. The Kier molecular flexibility index (Phi) is 4.13. The molecule has 0 radical (unpaired) electrons. The summed E-state index contributed by atoms with van der Waals surface area (Å²) in [6.07, 6.45) is 8.34. The minimum atomic E-state index is -0.387. The van der Waals surface area contributed by atoms with Gasteiger partial charge < -0.3 is 9.84 Å². The number of allylic oxidation sites excluding steroid dienone is 4. The summed E-state index contributed by atoms with van der Waals surface area (Å²) in [7, 11) is 0. The molecule has 1 aliphatic rings. The Morgan fingerprint density at radius 3 is 2.93 bits per heavy atom. The van der Waals surface area contributed by atoms with Crippen LogP contribution in [-0.2, 0) is 9.53 Å². The molecule has 76 valence electrons. The van der Waals surface area contributed by atoms with Crippen molar-refractivity contribution in [2.45, 2.75) is 13.3 Å². The Bertz CT molecular complexity index is 298. The van der Waals surface area contributed by atoms with E-state index in [-0.39, 0.29) is 12.6 Å². The highest BCUT2D eigenvalue weighted by Crippen LogP contribution is 2.18. The van der Waals surface area contributed by atoms with E-state index >= 15 is 0 Å². The number of ether oxygens (including phenoxy) is 1. The van der Waals surface area contributed by atoms with Crippen molar-refractivity contribution >= 4 is 5.97 Å². The monoisotopic (exact) mass is 194 g/mol. The Hall–Kier alpha value is -1.35. The topological polar surface area (TPSA) is 46.5 Å². The molecule has 0 unspecified atom stereocenters. The number of rotatable bonds is 4. The normalized spacial score (nSPS) is 17.4. The van der Waals surface area contributed by atoms with Gasteiger partial charge in [-0.05, 0) is 18.9 Å². The van der Waals surface area contributed by atoms with Gasteiger partial charge in [0.15, 0.2) is 0 Å². The third-order valence-corrected chi connectivity index (χ3v) is 2.01. The van der Waals surface area contributed by atoms with Crippen LogP contribution in [0.5, 0.6) is 0 Å². The number of carbonyl (C=O) groups excluding carboxylic acids is 1. The van der Waals surface area contributed by atoms with E-state index in [9.17, 15) is 4.79 Å². The van der Waals surface area contributed by atoms with E-state index in [0.717, 1.165) is 5.57 Å². The Labute approximate surface area is 83.4 Å². The van der Waals surface area contributed by atoms with Crippen molar-refractivity contribution in [3.63, 3.8) is 0 Å². The first-order valence-corrected chi connectivity index (χ1v) is 4.56. The Balaban J connectivity index is 2.59. The van der Waals surface area contributed by atoms with Gasteiger partial charge in [0.05, 0.1) is 12.2 Å². The summed E-state index contributed by atoms with van der Waals surface area (Å²) in [6.45, 7) is 2.02. The zero-order valence-corrected chi connectivity index (χ0v) is 8.19. The van der Waals surface area contributed by atoms with Crippen LogP contribution < -0.4 is 0 Å². The lowest BCUT2D eigenvalue weighted by molar-refractivity contribution is -0.136. The fourth-order valence-corrected chi connectivity index (χ4v) is 1.23. The van der Waals surface area contributed by atoms with Crippen molar-refractivity contribution in [1.29, 1.82) is 0 Å². The molecule has 0 spiro atoms. The molecule has 0 bridgehead atoms. The summed E-state index contributed by atoms with van der Waals surface area (Å²) < 4.78 is 4.80. The molecule has 0 amide bonds. The van der Waals surface area contributed by atoms with Gasteiger partial charge in [0.2, 0.25) is 0 Å². The largest absolute Gasteiger partial charge is 0.458 e. The summed E-state index contributed by atoms with van der Waals surface area (Å²) in [4.78, 5) is 11.0. The molecule has 3 nitrogen and oxygen atoms in total.